The predicted octanol–water partition coefficient (Wildman–Crippen LogP) is 3.65. The van der Waals surface area contributed by atoms with E-state index in [1.807, 2.05) is 37.3 Å². The number of rotatable bonds is 2. The van der Waals surface area contributed by atoms with Crippen LogP contribution < -0.4 is 0 Å². The van der Waals surface area contributed by atoms with Gasteiger partial charge in [-0.05, 0) is 49.3 Å². The number of fused-ring (bicyclic) bond motifs is 1. The van der Waals surface area contributed by atoms with E-state index in [9.17, 15) is 0 Å². The second-order valence-corrected chi connectivity index (χ2v) is 4.73. The molecule has 0 bridgehead atoms. The lowest BCUT2D eigenvalue weighted by molar-refractivity contribution is 0.713. The Morgan fingerprint density at radius 2 is 2.16 bits per heavy atom. The standard InChI is InChI=1S/C16H15N3/c1-11(2)12-5-3-6-15(18-12)16-9-8-13-14(19-16)7-4-10-17-13/h3-5,7-10,15H,1,6H2,2H3. The quantitative estimate of drug-likeness (QED) is 0.814. The topological polar surface area (TPSA) is 38.1 Å². The fourth-order valence-corrected chi connectivity index (χ4v) is 2.17. The van der Waals surface area contributed by atoms with Gasteiger partial charge in [0, 0.05) is 6.20 Å². The second kappa shape index (κ2) is 4.76. The van der Waals surface area contributed by atoms with Crippen molar-refractivity contribution in [2.24, 2.45) is 4.99 Å². The fraction of sp³-hybridized carbons (Fsp3) is 0.188. The predicted molar refractivity (Wildman–Crippen MR) is 78.3 cm³/mol. The van der Waals surface area contributed by atoms with E-state index in [1.54, 1.807) is 6.20 Å². The van der Waals surface area contributed by atoms with Crippen molar-refractivity contribution < 1.29 is 0 Å². The third-order valence-electron chi connectivity index (χ3n) is 3.19. The lowest BCUT2D eigenvalue weighted by atomic mass is 10.0. The van der Waals surface area contributed by atoms with Crippen molar-refractivity contribution in [3.63, 3.8) is 0 Å². The lowest BCUT2D eigenvalue weighted by Gasteiger charge is -2.16. The highest BCUT2D eigenvalue weighted by Crippen LogP contribution is 2.25. The Bertz CT molecular complexity index is 698. The molecule has 94 valence electrons. The highest BCUT2D eigenvalue weighted by molar-refractivity contribution is 6.08. The van der Waals surface area contributed by atoms with E-state index >= 15 is 0 Å². The average Bonchev–Trinajstić information content (AvgIpc) is 2.47. The van der Waals surface area contributed by atoms with Crippen molar-refractivity contribution in [2.45, 2.75) is 19.4 Å². The molecule has 19 heavy (non-hydrogen) atoms. The van der Waals surface area contributed by atoms with Gasteiger partial charge in [0.25, 0.3) is 0 Å². The molecule has 0 saturated carbocycles. The number of pyridine rings is 2. The number of aliphatic imine (C=N–C) groups is 1. The summed E-state index contributed by atoms with van der Waals surface area (Å²) < 4.78 is 0. The van der Waals surface area contributed by atoms with Gasteiger partial charge in [-0.1, -0.05) is 12.7 Å². The van der Waals surface area contributed by atoms with Gasteiger partial charge in [-0.3, -0.25) is 9.98 Å². The summed E-state index contributed by atoms with van der Waals surface area (Å²) in [5.41, 5.74) is 4.78. The Morgan fingerprint density at radius 3 is 3.00 bits per heavy atom. The van der Waals surface area contributed by atoms with Gasteiger partial charge >= 0.3 is 0 Å². The van der Waals surface area contributed by atoms with Gasteiger partial charge in [-0.2, -0.15) is 0 Å². The smallest absolute Gasteiger partial charge is 0.0961 e. The van der Waals surface area contributed by atoms with Gasteiger partial charge in [0.15, 0.2) is 0 Å². The molecule has 0 spiro atoms. The molecular weight excluding hydrogens is 234 g/mol. The number of hydrogen-bond donors (Lipinski definition) is 0. The monoisotopic (exact) mass is 249 g/mol. The van der Waals surface area contributed by atoms with Crippen LogP contribution in [0.3, 0.4) is 0 Å². The first kappa shape index (κ1) is 11.8. The molecule has 1 aliphatic rings. The van der Waals surface area contributed by atoms with E-state index in [0.717, 1.165) is 34.4 Å². The van der Waals surface area contributed by atoms with Crippen molar-refractivity contribution in [2.75, 3.05) is 0 Å². The minimum atomic E-state index is 0.0845. The summed E-state index contributed by atoms with van der Waals surface area (Å²) in [6, 6.07) is 7.99. The van der Waals surface area contributed by atoms with Crippen molar-refractivity contribution in [3.05, 3.63) is 60.5 Å². The minimum absolute atomic E-state index is 0.0845. The summed E-state index contributed by atoms with van der Waals surface area (Å²) in [4.78, 5) is 13.6. The van der Waals surface area contributed by atoms with Gasteiger partial charge in [0.05, 0.1) is 28.5 Å². The van der Waals surface area contributed by atoms with Crippen LogP contribution >= 0.6 is 0 Å². The van der Waals surface area contributed by atoms with E-state index in [-0.39, 0.29) is 6.04 Å². The maximum atomic E-state index is 4.71. The third kappa shape index (κ3) is 2.32. The molecule has 1 unspecified atom stereocenters. The molecule has 3 heterocycles. The van der Waals surface area contributed by atoms with Crippen LogP contribution in [0, 0.1) is 0 Å². The maximum absolute atomic E-state index is 4.71. The largest absolute Gasteiger partial charge is 0.275 e. The average molecular weight is 249 g/mol. The molecule has 0 amide bonds. The van der Waals surface area contributed by atoms with Crippen LogP contribution in [-0.2, 0) is 0 Å². The zero-order valence-corrected chi connectivity index (χ0v) is 10.9. The molecule has 3 nitrogen and oxygen atoms in total. The van der Waals surface area contributed by atoms with Gasteiger partial charge in [0.2, 0.25) is 0 Å². The van der Waals surface area contributed by atoms with Crippen molar-refractivity contribution >= 4 is 16.7 Å². The van der Waals surface area contributed by atoms with Crippen LogP contribution in [0.15, 0.2) is 59.8 Å². The summed E-state index contributed by atoms with van der Waals surface area (Å²) in [6.45, 7) is 5.92. The molecule has 2 aromatic heterocycles. The summed E-state index contributed by atoms with van der Waals surface area (Å²) in [7, 11) is 0. The van der Waals surface area contributed by atoms with Gasteiger partial charge in [-0.25, -0.2) is 4.98 Å². The summed E-state index contributed by atoms with van der Waals surface area (Å²) in [5.74, 6) is 0. The van der Waals surface area contributed by atoms with E-state index in [2.05, 4.69) is 22.6 Å². The molecule has 0 fully saturated rings. The Labute approximate surface area is 112 Å². The molecule has 0 aromatic carbocycles. The van der Waals surface area contributed by atoms with Crippen LogP contribution in [0.2, 0.25) is 0 Å². The molecule has 1 atom stereocenters. The van der Waals surface area contributed by atoms with Crippen molar-refractivity contribution in [1.82, 2.24) is 9.97 Å². The normalized spacial score (nSPS) is 18.4. The van der Waals surface area contributed by atoms with Gasteiger partial charge in [-0.15, -0.1) is 0 Å². The first-order chi connectivity index (χ1) is 9.24. The summed E-state index contributed by atoms with van der Waals surface area (Å²) in [6.07, 6.45) is 6.83. The van der Waals surface area contributed by atoms with Crippen LogP contribution in [0.5, 0.6) is 0 Å². The second-order valence-electron chi connectivity index (χ2n) is 4.73. The molecule has 0 saturated heterocycles. The van der Waals surface area contributed by atoms with Gasteiger partial charge < -0.3 is 0 Å². The van der Waals surface area contributed by atoms with E-state index in [1.165, 1.54) is 0 Å². The van der Waals surface area contributed by atoms with E-state index < -0.39 is 0 Å². The third-order valence-corrected chi connectivity index (χ3v) is 3.19. The molecule has 0 radical (unpaired) electrons. The molecule has 0 aliphatic carbocycles. The van der Waals surface area contributed by atoms with Crippen molar-refractivity contribution in [3.8, 4) is 0 Å². The van der Waals surface area contributed by atoms with Crippen molar-refractivity contribution in [1.29, 1.82) is 0 Å². The summed E-state index contributed by atoms with van der Waals surface area (Å²) >= 11 is 0. The van der Waals surface area contributed by atoms with Crippen LogP contribution in [0.4, 0.5) is 0 Å². The molecule has 0 N–H and O–H groups in total. The van der Waals surface area contributed by atoms with E-state index in [0.29, 0.717) is 0 Å². The Kier molecular flexibility index (Phi) is 2.95. The van der Waals surface area contributed by atoms with Crippen LogP contribution in [0.1, 0.15) is 25.1 Å². The highest BCUT2D eigenvalue weighted by Gasteiger charge is 2.15. The number of hydrogen-bond acceptors (Lipinski definition) is 3. The SMILES string of the molecule is C=C(C)C1=NC(c2ccc3ncccc3n2)CC=C1. The van der Waals surface area contributed by atoms with E-state index in [4.69, 9.17) is 4.99 Å². The van der Waals surface area contributed by atoms with Crippen LogP contribution in [-0.4, -0.2) is 15.7 Å². The Balaban J connectivity index is 2.00. The number of dihydropyridines is 1. The first-order valence-electron chi connectivity index (χ1n) is 6.36. The lowest BCUT2D eigenvalue weighted by Crippen LogP contribution is -2.07. The molecule has 3 rings (SSSR count). The summed E-state index contributed by atoms with van der Waals surface area (Å²) in [5, 5.41) is 0. The number of aromatic nitrogens is 2. The zero-order chi connectivity index (χ0) is 13.2. The first-order valence-corrected chi connectivity index (χ1v) is 6.36. The zero-order valence-electron chi connectivity index (χ0n) is 10.9. The Hall–Kier alpha value is -2.29. The molecule has 3 heteroatoms. The molecule has 1 aliphatic heterocycles. The fourth-order valence-electron chi connectivity index (χ4n) is 2.17. The van der Waals surface area contributed by atoms with Gasteiger partial charge in [0.1, 0.15) is 0 Å². The number of nitrogens with zero attached hydrogens (tertiary/aromatic N) is 3. The Morgan fingerprint density at radius 1 is 1.26 bits per heavy atom. The molecule has 2 aromatic rings. The highest BCUT2D eigenvalue weighted by atomic mass is 14.9. The van der Waals surface area contributed by atoms with Crippen LogP contribution in [0.25, 0.3) is 11.0 Å². The minimum Gasteiger partial charge on any atom is -0.275 e. The molecular formula is C16H15N3. The maximum Gasteiger partial charge on any atom is 0.0961 e. The number of allylic oxidation sites excluding steroid dienone is 2.